The first-order valence-corrected chi connectivity index (χ1v) is 20.0. The molecule has 0 aromatic carbocycles. The van der Waals surface area contributed by atoms with Gasteiger partial charge in [-0.1, -0.05) is 27.0 Å². The SMILES string of the molecule is C=C1CC2CC[C@@]34C[C@H]5O[C@H]6[C@@H](O3)[C@H]3OC(CC[C@@H]3O[C@H]6C5O4)CC(=O)C[C@H]3C(C[C@H]4OC(CC[C@@H]1O2)C[C@@H](C)C4=C)O[C@H](C[C@H]1CO1)[C@@H]3C. The fraction of sp³-hybridized carbons (Fsp3) is 0.875. The number of hydrogen-bond donors (Lipinski definition) is 0. The van der Waals surface area contributed by atoms with Crippen LogP contribution in [0.2, 0.25) is 0 Å². The van der Waals surface area contributed by atoms with Crippen LogP contribution in [-0.4, -0.2) is 110 Å². The lowest BCUT2D eigenvalue weighted by Crippen LogP contribution is -2.61. The predicted octanol–water partition coefficient (Wildman–Crippen LogP) is 5.14. The number of epoxide rings is 1. The van der Waals surface area contributed by atoms with E-state index in [1.807, 2.05) is 0 Å². The van der Waals surface area contributed by atoms with E-state index in [9.17, 15) is 4.79 Å². The van der Waals surface area contributed by atoms with Gasteiger partial charge in [-0.2, -0.15) is 0 Å². The maximum absolute atomic E-state index is 14.0. The van der Waals surface area contributed by atoms with Crippen molar-refractivity contribution in [1.82, 2.24) is 0 Å². The summed E-state index contributed by atoms with van der Waals surface area (Å²) in [5, 5.41) is 0. The molecule has 12 bridgehead atoms. The van der Waals surface area contributed by atoms with Crippen LogP contribution in [-0.2, 0) is 47.4 Å². The second kappa shape index (κ2) is 12.7. The molecular weight excluding hydrogens is 640 g/mol. The van der Waals surface area contributed by atoms with E-state index in [2.05, 4.69) is 27.0 Å². The molecule has 276 valence electrons. The van der Waals surface area contributed by atoms with Crippen molar-refractivity contribution in [3.05, 3.63) is 24.3 Å². The Morgan fingerprint density at radius 2 is 1.46 bits per heavy atom. The molecule has 11 rings (SSSR count). The summed E-state index contributed by atoms with van der Waals surface area (Å²) >= 11 is 0. The standard InChI is InChI=1S/C40H56O10/c1-19-11-24-5-7-29-20(2)12-26(43-29)9-10-40-17-34-36(49-40)37-38(48-34)39(50-40)35-30(47-37)8-6-25(45-35)13-23(41)14-28-22(4)31(15-27-18-42-27)46-33(28)16-32(44-24)21(19)3/h19,22,24-39H,2-3,5-18H2,1,4H3/t19-,22-,24?,25?,26?,27+,28-,29+,30+,31-,32-,33?,34-,35+,36?,37+,38-,39+,40+/m1/s1. The molecule has 0 amide bonds. The largest absolute Gasteiger partial charge is 0.374 e. The van der Waals surface area contributed by atoms with Gasteiger partial charge in [0.25, 0.3) is 0 Å². The molecule has 11 aliphatic rings. The maximum Gasteiger partial charge on any atom is 0.172 e. The summed E-state index contributed by atoms with van der Waals surface area (Å²) in [6.45, 7) is 14.3. The number of fused-ring (bicyclic) bond motifs is 6. The molecule has 19 atom stereocenters. The van der Waals surface area contributed by atoms with Crippen LogP contribution in [0.5, 0.6) is 0 Å². The number of hydrogen-bond acceptors (Lipinski definition) is 10. The van der Waals surface area contributed by atoms with Crippen LogP contribution in [0.4, 0.5) is 0 Å². The number of ketones is 1. The Morgan fingerprint density at radius 1 is 0.700 bits per heavy atom. The predicted molar refractivity (Wildman–Crippen MR) is 179 cm³/mol. The normalized spacial score (nSPS) is 55.9. The van der Waals surface area contributed by atoms with Gasteiger partial charge in [0.1, 0.15) is 36.3 Å². The molecule has 0 aromatic heterocycles. The van der Waals surface area contributed by atoms with E-state index in [-0.39, 0.29) is 109 Å². The number of Topliss-reactive ketones (excluding diaryl/α,β-unsaturated/α-hetero) is 1. The van der Waals surface area contributed by atoms with Gasteiger partial charge in [0, 0.05) is 38.5 Å². The van der Waals surface area contributed by atoms with Crippen LogP contribution in [0, 0.1) is 17.8 Å². The lowest BCUT2D eigenvalue weighted by atomic mass is 9.79. The molecule has 0 aromatic rings. The van der Waals surface area contributed by atoms with Crippen LogP contribution >= 0.6 is 0 Å². The summed E-state index contributed by atoms with van der Waals surface area (Å²) in [5.41, 5.74) is 2.32. The molecule has 10 heteroatoms. The van der Waals surface area contributed by atoms with Gasteiger partial charge < -0.3 is 42.6 Å². The van der Waals surface area contributed by atoms with Crippen molar-refractivity contribution in [3.63, 3.8) is 0 Å². The number of ether oxygens (including phenoxy) is 9. The second-order valence-corrected chi connectivity index (χ2v) is 17.7. The van der Waals surface area contributed by atoms with E-state index in [1.54, 1.807) is 0 Å². The van der Waals surface area contributed by atoms with Crippen molar-refractivity contribution in [1.29, 1.82) is 0 Å². The average Bonchev–Trinajstić information content (AvgIpc) is 3.58. The molecular formula is C40H56O10. The van der Waals surface area contributed by atoms with E-state index in [4.69, 9.17) is 42.6 Å². The van der Waals surface area contributed by atoms with Gasteiger partial charge in [0.05, 0.1) is 67.6 Å². The molecule has 11 heterocycles. The fourth-order valence-corrected chi connectivity index (χ4v) is 11.4. The third-order valence-corrected chi connectivity index (χ3v) is 14.3. The lowest BCUT2D eigenvalue weighted by Gasteiger charge is -2.47. The molecule has 10 nitrogen and oxygen atoms in total. The second-order valence-electron chi connectivity index (χ2n) is 17.7. The first kappa shape index (κ1) is 33.4. The topological polar surface area (TPSA) is 103 Å². The zero-order chi connectivity index (χ0) is 33.9. The molecule has 11 aliphatic heterocycles. The van der Waals surface area contributed by atoms with Crippen molar-refractivity contribution in [2.45, 2.75) is 195 Å². The van der Waals surface area contributed by atoms with Crippen molar-refractivity contribution in [2.75, 3.05) is 6.61 Å². The lowest BCUT2D eigenvalue weighted by molar-refractivity contribution is -0.292. The maximum atomic E-state index is 14.0. The Bertz CT molecular complexity index is 1370. The van der Waals surface area contributed by atoms with Crippen molar-refractivity contribution < 1.29 is 47.4 Å². The molecule has 1 spiro atoms. The van der Waals surface area contributed by atoms with E-state index in [0.717, 1.165) is 76.4 Å². The van der Waals surface area contributed by atoms with Gasteiger partial charge >= 0.3 is 0 Å². The Balaban J connectivity index is 0.925. The smallest absolute Gasteiger partial charge is 0.172 e. The molecule has 0 aliphatic carbocycles. The Labute approximate surface area is 296 Å². The molecule has 5 unspecified atom stereocenters. The van der Waals surface area contributed by atoms with Gasteiger partial charge in [-0.25, -0.2) is 0 Å². The molecule has 0 saturated carbocycles. The minimum atomic E-state index is -0.743. The zero-order valence-corrected chi connectivity index (χ0v) is 29.8. The molecule has 11 saturated heterocycles. The Hall–Kier alpha value is -1.21. The van der Waals surface area contributed by atoms with Crippen LogP contribution in [0.3, 0.4) is 0 Å². The third-order valence-electron chi connectivity index (χ3n) is 14.3. The summed E-state index contributed by atoms with van der Waals surface area (Å²) in [4.78, 5) is 14.0. The van der Waals surface area contributed by atoms with Gasteiger partial charge in [0.15, 0.2) is 5.79 Å². The summed E-state index contributed by atoms with van der Waals surface area (Å²) < 4.78 is 59.9. The summed E-state index contributed by atoms with van der Waals surface area (Å²) in [5.74, 6) is 0.213. The van der Waals surface area contributed by atoms with E-state index >= 15 is 0 Å². The zero-order valence-electron chi connectivity index (χ0n) is 29.8. The molecule has 50 heavy (non-hydrogen) atoms. The number of rotatable bonds is 2. The average molecular weight is 697 g/mol. The minimum absolute atomic E-state index is 0.0297. The highest BCUT2D eigenvalue weighted by Crippen LogP contribution is 2.54. The van der Waals surface area contributed by atoms with Crippen LogP contribution in [0.15, 0.2) is 24.3 Å². The number of carbonyl (C=O) groups is 1. The monoisotopic (exact) mass is 696 g/mol. The molecule has 0 radical (unpaired) electrons. The van der Waals surface area contributed by atoms with Gasteiger partial charge in [-0.15, -0.1) is 0 Å². The Kier molecular flexibility index (Phi) is 8.47. The van der Waals surface area contributed by atoms with E-state index < -0.39 is 5.79 Å². The molecule has 0 N–H and O–H groups in total. The minimum Gasteiger partial charge on any atom is -0.374 e. The quantitative estimate of drug-likeness (QED) is 0.285. The molecule has 11 fully saturated rings. The van der Waals surface area contributed by atoms with Gasteiger partial charge in [0.2, 0.25) is 0 Å². The fourth-order valence-electron chi connectivity index (χ4n) is 11.4. The van der Waals surface area contributed by atoms with Crippen LogP contribution < -0.4 is 0 Å². The highest BCUT2D eigenvalue weighted by atomic mass is 16.8. The van der Waals surface area contributed by atoms with Gasteiger partial charge in [-0.3, -0.25) is 4.79 Å². The highest BCUT2D eigenvalue weighted by molar-refractivity contribution is 5.79. The van der Waals surface area contributed by atoms with Gasteiger partial charge in [-0.05, 0) is 73.8 Å². The summed E-state index contributed by atoms with van der Waals surface area (Å²) in [6.07, 6.45) is 9.05. The number of carbonyl (C=O) groups excluding carboxylic acids is 1. The first-order chi connectivity index (χ1) is 24.2. The van der Waals surface area contributed by atoms with E-state index in [0.29, 0.717) is 25.2 Å². The van der Waals surface area contributed by atoms with Crippen LogP contribution in [0.25, 0.3) is 0 Å². The van der Waals surface area contributed by atoms with Crippen LogP contribution in [0.1, 0.15) is 97.3 Å². The summed E-state index contributed by atoms with van der Waals surface area (Å²) in [6, 6.07) is 0. The van der Waals surface area contributed by atoms with Crippen molar-refractivity contribution in [2.24, 2.45) is 17.8 Å². The summed E-state index contributed by atoms with van der Waals surface area (Å²) in [7, 11) is 0. The Morgan fingerprint density at radius 3 is 2.32 bits per heavy atom. The van der Waals surface area contributed by atoms with Crippen molar-refractivity contribution in [3.8, 4) is 0 Å². The van der Waals surface area contributed by atoms with E-state index in [1.165, 1.54) is 5.57 Å². The third kappa shape index (κ3) is 5.91. The highest BCUT2D eigenvalue weighted by Gasteiger charge is 2.68. The van der Waals surface area contributed by atoms with Crippen molar-refractivity contribution >= 4 is 5.78 Å². The first-order valence-electron chi connectivity index (χ1n) is 20.0.